The molecule has 0 aromatic carbocycles. The Hall–Kier alpha value is -0.0400. The molecule has 2 aliphatic carbocycles. The second-order valence-corrected chi connectivity index (χ2v) is 4.38. The molecule has 10 heavy (non-hydrogen) atoms. The first-order valence-corrected chi connectivity index (χ1v) is 4.64. The van der Waals surface area contributed by atoms with Crippen molar-refractivity contribution in [2.75, 3.05) is 6.54 Å². The van der Waals surface area contributed by atoms with Crippen molar-refractivity contribution in [3.63, 3.8) is 0 Å². The first kappa shape index (κ1) is 5.59. The van der Waals surface area contributed by atoms with Gasteiger partial charge in [0.1, 0.15) is 0 Å². The standard InChI is InChI=1S/C9H15N/c1-3-9(4-5-9)8-7(1)2-6-10-8/h7-8,10H,1-6H2. The third-order valence-corrected chi connectivity index (χ3v) is 3.92. The van der Waals surface area contributed by atoms with Crippen molar-refractivity contribution >= 4 is 0 Å². The Bertz CT molecular complexity index is 160. The van der Waals surface area contributed by atoms with Crippen LogP contribution in [0, 0.1) is 11.3 Å². The molecule has 1 heterocycles. The summed E-state index contributed by atoms with van der Waals surface area (Å²) in [4.78, 5) is 0. The van der Waals surface area contributed by atoms with E-state index in [-0.39, 0.29) is 0 Å². The van der Waals surface area contributed by atoms with Crippen LogP contribution < -0.4 is 5.32 Å². The molecule has 3 rings (SSSR count). The molecule has 0 radical (unpaired) electrons. The van der Waals surface area contributed by atoms with E-state index >= 15 is 0 Å². The van der Waals surface area contributed by atoms with E-state index in [1.54, 1.807) is 0 Å². The lowest BCUT2D eigenvalue weighted by Gasteiger charge is -2.16. The van der Waals surface area contributed by atoms with E-state index in [4.69, 9.17) is 0 Å². The molecule has 1 aliphatic heterocycles. The minimum absolute atomic E-state index is 0.834. The van der Waals surface area contributed by atoms with Crippen LogP contribution in [0.3, 0.4) is 0 Å². The molecule has 2 atom stereocenters. The molecule has 56 valence electrons. The molecule has 2 saturated carbocycles. The summed E-state index contributed by atoms with van der Waals surface area (Å²) >= 11 is 0. The van der Waals surface area contributed by atoms with Crippen molar-refractivity contribution in [2.45, 2.75) is 38.1 Å². The third-order valence-electron chi connectivity index (χ3n) is 3.92. The molecule has 3 fully saturated rings. The normalized spacial score (nSPS) is 48.0. The van der Waals surface area contributed by atoms with Gasteiger partial charge in [-0.05, 0) is 50.0 Å². The fraction of sp³-hybridized carbons (Fsp3) is 1.00. The van der Waals surface area contributed by atoms with Gasteiger partial charge in [-0.25, -0.2) is 0 Å². The maximum Gasteiger partial charge on any atom is 0.0152 e. The summed E-state index contributed by atoms with van der Waals surface area (Å²) in [5.41, 5.74) is 0.834. The average Bonchev–Trinajstić information content (AvgIpc) is 2.40. The molecule has 0 aromatic rings. The van der Waals surface area contributed by atoms with Crippen LogP contribution in [0.1, 0.15) is 32.1 Å². The molecule has 3 aliphatic rings. The maximum atomic E-state index is 3.67. The summed E-state index contributed by atoms with van der Waals surface area (Å²) in [6, 6.07) is 0.951. The highest BCUT2D eigenvalue weighted by Crippen LogP contribution is 2.61. The van der Waals surface area contributed by atoms with Crippen molar-refractivity contribution in [2.24, 2.45) is 11.3 Å². The van der Waals surface area contributed by atoms with Gasteiger partial charge in [-0.15, -0.1) is 0 Å². The molecule has 1 N–H and O–H groups in total. The molecule has 1 heteroatoms. The lowest BCUT2D eigenvalue weighted by Crippen LogP contribution is -2.30. The Morgan fingerprint density at radius 3 is 2.80 bits per heavy atom. The molecular weight excluding hydrogens is 122 g/mol. The second-order valence-electron chi connectivity index (χ2n) is 4.38. The lowest BCUT2D eigenvalue weighted by atomic mass is 9.97. The Morgan fingerprint density at radius 1 is 1.10 bits per heavy atom. The summed E-state index contributed by atoms with van der Waals surface area (Å²) in [6.07, 6.45) is 7.59. The third kappa shape index (κ3) is 0.531. The van der Waals surface area contributed by atoms with Gasteiger partial charge in [-0.2, -0.15) is 0 Å². The van der Waals surface area contributed by atoms with Gasteiger partial charge in [0.15, 0.2) is 0 Å². The van der Waals surface area contributed by atoms with Gasteiger partial charge in [0.25, 0.3) is 0 Å². The first-order chi connectivity index (χ1) is 4.91. The summed E-state index contributed by atoms with van der Waals surface area (Å²) in [5, 5.41) is 3.67. The SMILES string of the molecule is C1CC2CCC3(CC3)C2N1. The Balaban J connectivity index is 1.90. The highest BCUT2D eigenvalue weighted by molar-refractivity contribution is 5.11. The second kappa shape index (κ2) is 1.58. The molecule has 2 unspecified atom stereocenters. The van der Waals surface area contributed by atoms with Crippen LogP contribution in [0.2, 0.25) is 0 Å². The van der Waals surface area contributed by atoms with Crippen LogP contribution in [-0.4, -0.2) is 12.6 Å². The van der Waals surface area contributed by atoms with Crippen LogP contribution in [0.5, 0.6) is 0 Å². The van der Waals surface area contributed by atoms with Crippen LogP contribution in [0.15, 0.2) is 0 Å². The molecule has 1 spiro atoms. The number of hydrogen-bond acceptors (Lipinski definition) is 1. The molecule has 0 aromatic heterocycles. The zero-order valence-corrected chi connectivity index (χ0v) is 6.40. The summed E-state index contributed by atoms with van der Waals surface area (Å²) < 4.78 is 0. The fourth-order valence-electron chi connectivity index (χ4n) is 3.13. The fourth-order valence-corrected chi connectivity index (χ4v) is 3.13. The summed E-state index contributed by atoms with van der Waals surface area (Å²) in [7, 11) is 0. The smallest absolute Gasteiger partial charge is 0.0152 e. The number of rotatable bonds is 0. The molecule has 0 bridgehead atoms. The zero-order valence-electron chi connectivity index (χ0n) is 6.40. The highest BCUT2D eigenvalue weighted by Gasteiger charge is 2.56. The quantitative estimate of drug-likeness (QED) is 0.534. The van der Waals surface area contributed by atoms with Gasteiger partial charge in [-0.1, -0.05) is 0 Å². The number of nitrogens with one attached hydrogen (secondary N) is 1. The molecule has 0 amide bonds. The van der Waals surface area contributed by atoms with Crippen molar-refractivity contribution < 1.29 is 0 Å². The van der Waals surface area contributed by atoms with Crippen LogP contribution in [0.25, 0.3) is 0 Å². The van der Waals surface area contributed by atoms with Crippen molar-refractivity contribution in [3.05, 3.63) is 0 Å². The predicted molar refractivity (Wildman–Crippen MR) is 40.8 cm³/mol. The van der Waals surface area contributed by atoms with E-state index in [1.807, 2.05) is 0 Å². The molecular formula is C9H15N. The van der Waals surface area contributed by atoms with E-state index in [0.29, 0.717) is 0 Å². The topological polar surface area (TPSA) is 12.0 Å². The van der Waals surface area contributed by atoms with Gasteiger partial charge >= 0.3 is 0 Å². The van der Waals surface area contributed by atoms with Crippen molar-refractivity contribution in [1.29, 1.82) is 0 Å². The maximum absolute atomic E-state index is 3.67. The first-order valence-electron chi connectivity index (χ1n) is 4.64. The largest absolute Gasteiger partial charge is 0.313 e. The van der Waals surface area contributed by atoms with E-state index in [2.05, 4.69) is 5.32 Å². The van der Waals surface area contributed by atoms with Gasteiger partial charge in [0.05, 0.1) is 0 Å². The Morgan fingerprint density at radius 2 is 2.00 bits per heavy atom. The van der Waals surface area contributed by atoms with Crippen LogP contribution in [0.4, 0.5) is 0 Å². The van der Waals surface area contributed by atoms with E-state index in [9.17, 15) is 0 Å². The Kier molecular flexibility index (Phi) is 0.883. The molecule has 1 saturated heterocycles. The van der Waals surface area contributed by atoms with Crippen molar-refractivity contribution in [1.82, 2.24) is 5.32 Å². The van der Waals surface area contributed by atoms with E-state index < -0.39 is 0 Å². The van der Waals surface area contributed by atoms with Crippen LogP contribution >= 0.6 is 0 Å². The average molecular weight is 137 g/mol. The van der Waals surface area contributed by atoms with Gasteiger partial charge < -0.3 is 5.32 Å². The molecule has 1 nitrogen and oxygen atoms in total. The summed E-state index contributed by atoms with van der Waals surface area (Å²) in [6.45, 7) is 1.30. The minimum Gasteiger partial charge on any atom is -0.313 e. The zero-order chi connectivity index (χ0) is 6.60. The van der Waals surface area contributed by atoms with E-state index in [1.165, 1.54) is 38.6 Å². The van der Waals surface area contributed by atoms with Crippen molar-refractivity contribution in [3.8, 4) is 0 Å². The van der Waals surface area contributed by atoms with Gasteiger partial charge in [0.2, 0.25) is 0 Å². The number of hydrogen-bond donors (Lipinski definition) is 1. The van der Waals surface area contributed by atoms with Gasteiger partial charge in [0, 0.05) is 6.04 Å². The predicted octanol–water partition coefficient (Wildman–Crippen LogP) is 1.54. The van der Waals surface area contributed by atoms with Crippen LogP contribution in [-0.2, 0) is 0 Å². The van der Waals surface area contributed by atoms with E-state index in [0.717, 1.165) is 17.4 Å². The summed E-state index contributed by atoms with van der Waals surface area (Å²) in [5.74, 6) is 1.07. The monoisotopic (exact) mass is 137 g/mol. The van der Waals surface area contributed by atoms with Gasteiger partial charge in [-0.3, -0.25) is 0 Å². The lowest BCUT2D eigenvalue weighted by molar-refractivity contribution is 0.392. The minimum atomic E-state index is 0.834. The number of fused-ring (bicyclic) bond motifs is 2. The highest BCUT2D eigenvalue weighted by atomic mass is 15.0. The Labute approximate surface area is 62.2 Å².